The molecule has 0 unspecified atom stereocenters. The van der Waals surface area contributed by atoms with Crippen LogP contribution in [0.25, 0.3) is 0 Å². The van der Waals surface area contributed by atoms with Crippen LogP contribution in [-0.2, 0) is 24.3 Å². The lowest BCUT2D eigenvalue weighted by molar-refractivity contribution is -0.146. The van der Waals surface area contributed by atoms with Gasteiger partial charge < -0.3 is 10.1 Å². The normalized spacial score (nSPS) is 12.2. The highest BCUT2D eigenvalue weighted by Crippen LogP contribution is 2.23. The minimum Gasteiger partial charge on any atom is -0.455 e. The van der Waals surface area contributed by atoms with Crippen LogP contribution in [0.1, 0.15) is 6.92 Å². The highest BCUT2D eigenvalue weighted by atomic mass is 32.2. The van der Waals surface area contributed by atoms with Gasteiger partial charge in [-0.15, -0.1) is 11.8 Å². The Morgan fingerprint density at radius 1 is 1.15 bits per heavy atom. The van der Waals surface area contributed by atoms with Crippen LogP contribution in [0, 0.1) is 0 Å². The van der Waals surface area contributed by atoms with E-state index in [-0.39, 0.29) is 10.6 Å². The number of carbonyl (C=O) groups is 2. The van der Waals surface area contributed by atoms with Crippen molar-refractivity contribution in [2.24, 2.45) is 5.14 Å². The number of anilines is 1. The van der Waals surface area contributed by atoms with Gasteiger partial charge in [-0.3, -0.25) is 9.59 Å². The van der Waals surface area contributed by atoms with Crippen LogP contribution in [-0.4, -0.2) is 32.2 Å². The van der Waals surface area contributed by atoms with E-state index in [0.717, 1.165) is 4.90 Å². The van der Waals surface area contributed by atoms with Gasteiger partial charge in [0.15, 0.2) is 6.61 Å². The van der Waals surface area contributed by atoms with Gasteiger partial charge in [-0.25, -0.2) is 13.6 Å². The Morgan fingerprint density at radius 2 is 1.85 bits per heavy atom. The Kier molecular flexibility index (Phi) is 6.78. The average molecular weight is 394 g/mol. The van der Waals surface area contributed by atoms with Crippen LogP contribution in [0.15, 0.2) is 64.4 Å². The second-order valence-corrected chi connectivity index (χ2v) is 8.28. The van der Waals surface area contributed by atoms with E-state index in [9.17, 15) is 18.0 Å². The summed E-state index contributed by atoms with van der Waals surface area (Å²) in [5.74, 6) is -1.10. The third-order valence-corrected chi connectivity index (χ3v) is 5.18. The molecule has 2 rings (SSSR count). The highest BCUT2D eigenvalue weighted by molar-refractivity contribution is 8.00. The van der Waals surface area contributed by atoms with E-state index in [1.807, 2.05) is 30.3 Å². The Bertz CT molecular complexity index is 885. The largest absolute Gasteiger partial charge is 0.455 e. The lowest BCUT2D eigenvalue weighted by Gasteiger charge is -2.11. The summed E-state index contributed by atoms with van der Waals surface area (Å²) in [6.45, 7) is 1.21. The zero-order chi connectivity index (χ0) is 19.2. The lowest BCUT2D eigenvalue weighted by atomic mass is 10.3. The molecule has 26 heavy (non-hydrogen) atoms. The van der Waals surface area contributed by atoms with Gasteiger partial charge >= 0.3 is 5.97 Å². The van der Waals surface area contributed by atoms with E-state index >= 15 is 0 Å². The second kappa shape index (κ2) is 8.84. The predicted octanol–water partition coefficient (Wildman–Crippen LogP) is 2.00. The number of thioether (sulfide) groups is 1. The molecule has 2 aromatic carbocycles. The summed E-state index contributed by atoms with van der Waals surface area (Å²) in [5.41, 5.74) is 0.240. The van der Waals surface area contributed by atoms with Gasteiger partial charge in [0, 0.05) is 10.6 Å². The molecule has 0 heterocycles. The molecule has 9 heteroatoms. The predicted molar refractivity (Wildman–Crippen MR) is 99.2 cm³/mol. The first-order valence-electron chi connectivity index (χ1n) is 7.57. The molecular formula is C17H18N2O5S2. The van der Waals surface area contributed by atoms with Crippen molar-refractivity contribution in [2.45, 2.75) is 22.0 Å². The molecule has 0 spiro atoms. The van der Waals surface area contributed by atoms with Crippen LogP contribution < -0.4 is 10.5 Å². The number of hydrogen-bond acceptors (Lipinski definition) is 6. The Balaban J connectivity index is 1.85. The number of ether oxygens (including phenoxy) is 1. The highest BCUT2D eigenvalue weighted by Gasteiger charge is 2.17. The molecule has 1 amide bonds. The van der Waals surface area contributed by atoms with Crippen molar-refractivity contribution in [3.05, 3.63) is 54.6 Å². The maximum Gasteiger partial charge on any atom is 0.319 e. The fraction of sp³-hybridized carbons (Fsp3) is 0.176. The summed E-state index contributed by atoms with van der Waals surface area (Å²) in [5, 5.41) is 7.02. The summed E-state index contributed by atoms with van der Waals surface area (Å²) in [7, 11) is -3.87. The van der Waals surface area contributed by atoms with E-state index in [4.69, 9.17) is 9.88 Å². The number of sulfonamides is 1. The van der Waals surface area contributed by atoms with Crippen LogP contribution in [0.5, 0.6) is 0 Å². The third-order valence-electron chi connectivity index (χ3n) is 3.18. The molecule has 0 aromatic heterocycles. The van der Waals surface area contributed by atoms with Crippen molar-refractivity contribution < 1.29 is 22.7 Å². The first-order chi connectivity index (χ1) is 12.3. The Morgan fingerprint density at radius 3 is 2.50 bits per heavy atom. The number of rotatable bonds is 7. The van der Waals surface area contributed by atoms with Crippen molar-refractivity contribution in [3.8, 4) is 0 Å². The zero-order valence-corrected chi connectivity index (χ0v) is 15.5. The van der Waals surface area contributed by atoms with Crippen molar-refractivity contribution in [2.75, 3.05) is 11.9 Å². The molecular weight excluding hydrogens is 376 g/mol. The van der Waals surface area contributed by atoms with Gasteiger partial charge in [-0.1, -0.05) is 24.3 Å². The second-order valence-electron chi connectivity index (χ2n) is 5.30. The molecule has 7 nitrogen and oxygen atoms in total. The average Bonchev–Trinajstić information content (AvgIpc) is 2.60. The third kappa shape index (κ3) is 6.17. The number of amides is 1. The van der Waals surface area contributed by atoms with Crippen molar-refractivity contribution >= 4 is 39.3 Å². The SMILES string of the molecule is C[C@H](Sc1ccccc1)C(=O)OCC(=O)Nc1cccc(S(N)(=O)=O)c1. The molecule has 0 aliphatic carbocycles. The van der Waals surface area contributed by atoms with Gasteiger partial charge in [0.25, 0.3) is 5.91 Å². The first-order valence-corrected chi connectivity index (χ1v) is 9.99. The number of benzene rings is 2. The maximum atomic E-state index is 12.0. The van der Waals surface area contributed by atoms with Crippen LogP contribution in [0.4, 0.5) is 5.69 Å². The Hall–Kier alpha value is -2.36. The van der Waals surface area contributed by atoms with Crippen molar-refractivity contribution in [3.63, 3.8) is 0 Å². The Labute approximate surface area is 156 Å². The molecule has 3 N–H and O–H groups in total. The topological polar surface area (TPSA) is 116 Å². The van der Waals surface area contributed by atoms with E-state index in [1.165, 1.54) is 36.0 Å². The number of hydrogen-bond donors (Lipinski definition) is 2. The lowest BCUT2D eigenvalue weighted by Crippen LogP contribution is -2.25. The summed E-state index contributed by atoms with van der Waals surface area (Å²) in [4.78, 5) is 24.6. The summed E-state index contributed by atoms with van der Waals surface area (Å²) >= 11 is 1.33. The van der Waals surface area contributed by atoms with Gasteiger partial charge in [0.05, 0.1) is 4.90 Å². The van der Waals surface area contributed by atoms with E-state index in [2.05, 4.69) is 5.32 Å². The smallest absolute Gasteiger partial charge is 0.319 e. The zero-order valence-electron chi connectivity index (χ0n) is 13.9. The number of primary sulfonamides is 1. The van der Waals surface area contributed by atoms with Crippen molar-refractivity contribution in [1.29, 1.82) is 0 Å². The molecule has 1 atom stereocenters. The van der Waals surface area contributed by atoms with Crippen LogP contribution in [0.2, 0.25) is 0 Å². The van der Waals surface area contributed by atoms with Crippen LogP contribution in [0.3, 0.4) is 0 Å². The van der Waals surface area contributed by atoms with Crippen molar-refractivity contribution in [1.82, 2.24) is 0 Å². The number of carbonyl (C=O) groups excluding carboxylic acids is 2. The molecule has 0 aliphatic rings. The molecule has 0 bridgehead atoms. The molecule has 0 saturated carbocycles. The molecule has 0 saturated heterocycles. The fourth-order valence-corrected chi connectivity index (χ4v) is 3.40. The fourth-order valence-electron chi connectivity index (χ4n) is 1.95. The van der Waals surface area contributed by atoms with Crippen LogP contribution >= 0.6 is 11.8 Å². The molecule has 0 radical (unpaired) electrons. The summed E-state index contributed by atoms with van der Waals surface area (Å²) in [6.07, 6.45) is 0. The van der Waals surface area contributed by atoms with E-state index in [1.54, 1.807) is 6.92 Å². The maximum absolute atomic E-state index is 12.0. The number of esters is 1. The minimum absolute atomic E-state index is 0.125. The summed E-state index contributed by atoms with van der Waals surface area (Å²) < 4.78 is 27.6. The minimum atomic E-state index is -3.87. The van der Waals surface area contributed by atoms with Gasteiger partial charge in [-0.05, 0) is 37.3 Å². The number of nitrogens with two attached hydrogens (primary N) is 1. The molecule has 138 valence electrons. The van der Waals surface area contributed by atoms with Gasteiger partial charge in [0.1, 0.15) is 5.25 Å². The van der Waals surface area contributed by atoms with Gasteiger partial charge in [-0.2, -0.15) is 0 Å². The molecule has 0 fully saturated rings. The molecule has 0 aliphatic heterocycles. The first kappa shape index (κ1) is 20.0. The van der Waals surface area contributed by atoms with E-state index in [0.29, 0.717) is 0 Å². The number of nitrogens with one attached hydrogen (secondary N) is 1. The standard InChI is InChI=1S/C17H18N2O5S2/c1-12(25-14-7-3-2-4-8-14)17(21)24-11-16(20)19-13-6-5-9-15(10-13)26(18,22)23/h2-10,12H,11H2,1H3,(H,19,20)(H2,18,22,23)/t12-/m0/s1. The summed E-state index contributed by atoms with van der Waals surface area (Å²) in [6, 6.07) is 14.8. The quantitative estimate of drug-likeness (QED) is 0.548. The monoisotopic (exact) mass is 394 g/mol. The molecule has 2 aromatic rings. The van der Waals surface area contributed by atoms with Gasteiger partial charge in [0.2, 0.25) is 10.0 Å². The van der Waals surface area contributed by atoms with E-state index < -0.39 is 33.8 Å².